The van der Waals surface area contributed by atoms with Gasteiger partial charge in [0.1, 0.15) is 27.6 Å². The van der Waals surface area contributed by atoms with Crippen molar-refractivity contribution in [3.8, 4) is 22.6 Å². The van der Waals surface area contributed by atoms with Crippen LogP contribution in [0.1, 0.15) is 40.6 Å². The molecular weight excluding hydrogens is 610 g/mol. The first-order chi connectivity index (χ1) is 20.0. The average molecular weight is 638 g/mol. The summed E-state index contributed by atoms with van der Waals surface area (Å²) in [7, 11) is -2.20. The molecule has 0 unspecified atom stereocenters. The normalized spacial score (nSPS) is 14.5. The lowest BCUT2D eigenvalue weighted by atomic mass is 10.0. The Kier molecular flexibility index (Phi) is 7.58. The molecule has 5 rings (SSSR count). The molecule has 228 valence electrons. The monoisotopic (exact) mass is 637 g/mol. The lowest BCUT2D eigenvalue weighted by Gasteiger charge is -2.20. The smallest absolute Gasteiger partial charge is 0.411 e. The minimum absolute atomic E-state index is 0.0920. The van der Waals surface area contributed by atoms with Crippen LogP contribution in [0.5, 0.6) is 11.5 Å². The molecule has 1 aliphatic carbocycles. The highest BCUT2D eigenvalue weighted by Crippen LogP contribution is 2.49. The molecule has 0 aliphatic heterocycles. The molecule has 1 aliphatic rings. The number of nitrogens with zero attached hydrogens (tertiary/aromatic N) is 1. The number of carbonyl (C=O) groups is 1. The number of hydrogen-bond acceptors (Lipinski definition) is 6. The van der Waals surface area contributed by atoms with E-state index < -0.39 is 39.0 Å². The zero-order valence-electron chi connectivity index (χ0n) is 23.5. The first kappa shape index (κ1) is 30.5. The second-order valence-corrected chi connectivity index (χ2v) is 13.6. The Morgan fingerprint density at radius 3 is 2.33 bits per heavy atom. The molecule has 1 amide bonds. The fourth-order valence-electron chi connectivity index (χ4n) is 4.75. The Morgan fingerprint density at radius 2 is 1.74 bits per heavy atom. The number of halogens is 4. The molecule has 8 nitrogen and oxygen atoms in total. The van der Waals surface area contributed by atoms with E-state index in [1.165, 1.54) is 61.1 Å². The number of rotatable bonds is 8. The predicted octanol–water partition coefficient (Wildman–Crippen LogP) is 6.40. The zero-order chi connectivity index (χ0) is 31.5. The Bertz CT molecular complexity index is 1920. The van der Waals surface area contributed by atoms with Gasteiger partial charge in [-0.15, -0.1) is 11.3 Å². The van der Waals surface area contributed by atoms with Crippen molar-refractivity contribution in [2.24, 2.45) is 7.05 Å². The van der Waals surface area contributed by atoms with Crippen molar-refractivity contribution < 1.29 is 35.5 Å². The molecule has 14 heteroatoms. The number of pyridine rings is 1. The van der Waals surface area contributed by atoms with E-state index in [-0.39, 0.29) is 45.0 Å². The number of thiophene rings is 1. The number of aromatic nitrogens is 1. The summed E-state index contributed by atoms with van der Waals surface area (Å²) in [6, 6.07) is 8.44. The van der Waals surface area contributed by atoms with Gasteiger partial charge in [0, 0.05) is 35.4 Å². The van der Waals surface area contributed by atoms with Gasteiger partial charge in [0.2, 0.25) is 10.0 Å². The van der Waals surface area contributed by atoms with Crippen LogP contribution in [0.4, 0.5) is 23.2 Å². The molecule has 0 atom stereocenters. The van der Waals surface area contributed by atoms with E-state index in [0.29, 0.717) is 28.0 Å². The van der Waals surface area contributed by atoms with E-state index in [2.05, 4.69) is 10.0 Å². The van der Waals surface area contributed by atoms with Crippen LogP contribution in [-0.4, -0.2) is 36.4 Å². The van der Waals surface area contributed by atoms with Crippen LogP contribution >= 0.6 is 11.3 Å². The van der Waals surface area contributed by atoms with Crippen molar-refractivity contribution in [1.82, 2.24) is 9.88 Å². The molecular formula is C29H27F4N3O5S2. The molecule has 2 heterocycles. The summed E-state index contributed by atoms with van der Waals surface area (Å²) in [4.78, 5) is 26.0. The predicted molar refractivity (Wildman–Crippen MR) is 157 cm³/mol. The number of fused-ring (bicyclic) bond motifs is 1. The molecule has 0 spiro atoms. The number of carbonyl (C=O) groups excluding carboxylic acids is 1. The third-order valence-corrected chi connectivity index (χ3v) is 9.72. The molecule has 1 fully saturated rings. The SMILES string of the molecule is CCS(=O)(=O)Nc1ccc(Oc2c(C)cc(F)cc2C)c(-c2cn(C)c(=O)c3sc(C(=O)NC4(C(F)(F)F)CC4)cc23)c1. The van der Waals surface area contributed by atoms with Crippen LogP contribution in [0.3, 0.4) is 0 Å². The van der Waals surface area contributed by atoms with Crippen LogP contribution < -0.4 is 20.3 Å². The minimum Gasteiger partial charge on any atom is -0.456 e. The summed E-state index contributed by atoms with van der Waals surface area (Å²) in [5.74, 6) is -1.01. The van der Waals surface area contributed by atoms with E-state index in [9.17, 15) is 35.6 Å². The third kappa shape index (κ3) is 5.85. The largest absolute Gasteiger partial charge is 0.456 e. The van der Waals surface area contributed by atoms with E-state index in [4.69, 9.17) is 4.74 Å². The van der Waals surface area contributed by atoms with Gasteiger partial charge in [-0.1, -0.05) is 0 Å². The number of nitrogens with one attached hydrogen (secondary N) is 2. The van der Waals surface area contributed by atoms with E-state index >= 15 is 0 Å². The maximum absolute atomic E-state index is 14.0. The van der Waals surface area contributed by atoms with Crippen LogP contribution in [0, 0.1) is 19.7 Å². The maximum Gasteiger partial charge on any atom is 0.411 e. The van der Waals surface area contributed by atoms with Gasteiger partial charge in [0.15, 0.2) is 0 Å². The Morgan fingerprint density at radius 1 is 1.09 bits per heavy atom. The fourth-order valence-corrected chi connectivity index (χ4v) is 6.44. The summed E-state index contributed by atoms with van der Waals surface area (Å²) in [6.45, 7) is 4.80. The Labute approximate surface area is 248 Å². The minimum atomic E-state index is -4.62. The summed E-state index contributed by atoms with van der Waals surface area (Å²) in [6.07, 6.45) is -3.61. The number of amides is 1. The Hall–Kier alpha value is -3.91. The highest BCUT2D eigenvalue weighted by Gasteiger charge is 2.64. The number of benzene rings is 2. The van der Waals surface area contributed by atoms with Gasteiger partial charge in [-0.2, -0.15) is 13.2 Å². The van der Waals surface area contributed by atoms with Crippen LogP contribution in [0.25, 0.3) is 21.2 Å². The number of aryl methyl sites for hydroxylation is 3. The van der Waals surface area contributed by atoms with Gasteiger partial charge in [-0.05, 0) is 81.1 Å². The van der Waals surface area contributed by atoms with Gasteiger partial charge < -0.3 is 14.6 Å². The van der Waals surface area contributed by atoms with Gasteiger partial charge in [0.05, 0.1) is 10.6 Å². The molecule has 0 saturated heterocycles. The zero-order valence-corrected chi connectivity index (χ0v) is 25.1. The van der Waals surface area contributed by atoms with E-state index in [0.717, 1.165) is 11.3 Å². The summed E-state index contributed by atoms with van der Waals surface area (Å²) < 4.78 is 89.3. The maximum atomic E-state index is 14.0. The standard InChI is InChI=1S/C29H27F4N3O5S2/c1-5-43(39,40)35-18-6-7-22(41-24-15(2)10-17(30)11-16(24)3)19(12-18)21-14-36(4)27(38)25-20(21)13-23(42-25)26(37)34-28(8-9-28)29(31,32)33/h6-7,10-14,35H,5,8-9H2,1-4H3,(H,34,37). The van der Waals surface area contributed by atoms with Crippen molar-refractivity contribution in [2.45, 2.75) is 45.3 Å². The van der Waals surface area contributed by atoms with Gasteiger partial charge in [0.25, 0.3) is 11.5 Å². The van der Waals surface area contributed by atoms with Crippen LogP contribution in [-0.2, 0) is 17.1 Å². The Balaban J connectivity index is 1.68. The van der Waals surface area contributed by atoms with Gasteiger partial charge >= 0.3 is 6.18 Å². The summed E-state index contributed by atoms with van der Waals surface area (Å²) in [5, 5.41) is 2.35. The lowest BCUT2D eigenvalue weighted by Crippen LogP contribution is -2.47. The molecule has 2 aromatic carbocycles. The summed E-state index contributed by atoms with van der Waals surface area (Å²) >= 11 is 0.762. The van der Waals surface area contributed by atoms with E-state index in [1.807, 2.05) is 0 Å². The highest BCUT2D eigenvalue weighted by molar-refractivity contribution is 7.92. The first-order valence-electron chi connectivity index (χ1n) is 13.2. The van der Waals surface area contributed by atoms with Crippen molar-refractivity contribution in [1.29, 1.82) is 0 Å². The number of sulfonamides is 1. The molecule has 1 saturated carbocycles. The molecule has 0 bridgehead atoms. The van der Waals surface area contributed by atoms with Crippen LogP contribution in [0.2, 0.25) is 0 Å². The molecule has 4 aromatic rings. The molecule has 0 radical (unpaired) electrons. The number of alkyl halides is 3. The quantitative estimate of drug-likeness (QED) is 0.218. The van der Waals surface area contributed by atoms with Gasteiger partial charge in [-0.25, -0.2) is 12.8 Å². The first-order valence-corrected chi connectivity index (χ1v) is 15.6. The number of ether oxygens (including phenoxy) is 1. The number of anilines is 1. The average Bonchev–Trinajstić information content (AvgIpc) is 3.57. The second-order valence-electron chi connectivity index (χ2n) is 10.5. The van der Waals surface area contributed by atoms with Crippen LogP contribution in [0.15, 0.2) is 47.4 Å². The molecule has 43 heavy (non-hydrogen) atoms. The van der Waals surface area contributed by atoms with Crippen molar-refractivity contribution in [3.63, 3.8) is 0 Å². The van der Waals surface area contributed by atoms with Crippen molar-refractivity contribution >= 4 is 43.0 Å². The summed E-state index contributed by atoms with van der Waals surface area (Å²) in [5.41, 5.74) is -0.905. The third-order valence-electron chi connectivity index (χ3n) is 7.29. The van der Waals surface area contributed by atoms with E-state index in [1.54, 1.807) is 13.8 Å². The number of hydrogen-bond donors (Lipinski definition) is 2. The highest BCUT2D eigenvalue weighted by atomic mass is 32.2. The van der Waals surface area contributed by atoms with Crippen molar-refractivity contribution in [2.75, 3.05) is 10.5 Å². The lowest BCUT2D eigenvalue weighted by molar-refractivity contribution is -0.163. The fraction of sp³-hybridized carbons (Fsp3) is 0.310. The topological polar surface area (TPSA) is 106 Å². The molecule has 2 aromatic heterocycles. The second kappa shape index (κ2) is 10.7. The van der Waals surface area contributed by atoms with Crippen molar-refractivity contribution in [3.05, 3.63) is 74.8 Å². The molecule has 2 N–H and O–H groups in total. The van der Waals surface area contributed by atoms with Gasteiger partial charge in [-0.3, -0.25) is 14.3 Å².